The fourth-order valence-electron chi connectivity index (χ4n) is 2.21. The van der Waals surface area contributed by atoms with E-state index in [0.717, 1.165) is 11.4 Å². The maximum absolute atomic E-state index is 12.3. The number of rotatable bonds is 3. The number of ether oxygens (including phenoxy) is 1. The van der Waals surface area contributed by atoms with E-state index in [1.807, 2.05) is 18.2 Å². The van der Waals surface area contributed by atoms with Gasteiger partial charge in [-0.3, -0.25) is 4.79 Å². The second-order valence-electron chi connectivity index (χ2n) is 4.67. The molecule has 2 heterocycles. The SMILES string of the molecule is CN(Cc1ncc[nH]1)C(=O)c1ccc2c(c1)COC2. The van der Waals surface area contributed by atoms with Crippen LogP contribution in [0.1, 0.15) is 27.3 Å². The van der Waals surface area contributed by atoms with Crippen molar-refractivity contribution < 1.29 is 9.53 Å². The van der Waals surface area contributed by atoms with Crippen molar-refractivity contribution in [2.45, 2.75) is 19.8 Å². The van der Waals surface area contributed by atoms with E-state index in [9.17, 15) is 4.79 Å². The van der Waals surface area contributed by atoms with Crippen LogP contribution in [0.3, 0.4) is 0 Å². The Morgan fingerprint density at radius 2 is 2.26 bits per heavy atom. The molecule has 1 aromatic heterocycles. The first-order valence-electron chi connectivity index (χ1n) is 6.17. The molecule has 1 amide bonds. The Kier molecular flexibility index (Phi) is 3.05. The average Bonchev–Trinajstić information content (AvgIpc) is 3.07. The molecule has 0 saturated carbocycles. The molecule has 0 spiro atoms. The highest BCUT2D eigenvalue weighted by atomic mass is 16.5. The summed E-state index contributed by atoms with van der Waals surface area (Å²) >= 11 is 0. The number of imidazole rings is 1. The number of hydrogen-bond acceptors (Lipinski definition) is 3. The number of benzene rings is 1. The van der Waals surface area contributed by atoms with Crippen molar-refractivity contribution in [1.82, 2.24) is 14.9 Å². The minimum atomic E-state index is -0.00824. The summed E-state index contributed by atoms with van der Waals surface area (Å²) in [5, 5.41) is 0. The summed E-state index contributed by atoms with van der Waals surface area (Å²) in [7, 11) is 1.77. The zero-order chi connectivity index (χ0) is 13.2. The first-order valence-corrected chi connectivity index (χ1v) is 6.17. The van der Waals surface area contributed by atoms with Gasteiger partial charge in [0, 0.05) is 25.0 Å². The van der Waals surface area contributed by atoms with Gasteiger partial charge in [0.15, 0.2) is 0 Å². The summed E-state index contributed by atoms with van der Waals surface area (Å²) in [5.74, 6) is 0.770. The molecule has 1 aromatic carbocycles. The molecular formula is C14H15N3O2. The average molecular weight is 257 g/mol. The Hall–Kier alpha value is -2.14. The van der Waals surface area contributed by atoms with Crippen LogP contribution in [-0.4, -0.2) is 27.8 Å². The Morgan fingerprint density at radius 1 is 1.42 bits per heavy atom. The molecule has 0 bridgehead atoms. The molecule has 0 radical (unpaired) electrons. The third kappa shape index (κ3) is 2.37. The number of aromatic nitrogens is 2. The minimum Gasteiger partial charge on any atom is -0.372 e. The molecule has 0 saturated heterocycles. The standard InChI is InChI=1S/C14H15N3O2/c1-17(7-13-15-4-5-16-13)14(18)10-2-3-11-8-19-9-12(11)6-10/h2-6H,7-9H2,1H3,(H,15,16). The fraction of sp³-hybridized carbons (Fsp3) is 0.286. The van der Waals surface area contributed by atoms with E-state index < -0.39 is 0 Å². The highest BCUT2D eigenvalue weighted by molar-refractivity contribution is 5.94. The Balaban J connectivity index is 1.76. The molecule has 0 atom stereocenters. The molecule has 19 heavy (non-hydrogen) atoms. The van der Waals surface area contributed by atoms with Gasteiger partial charge < -0.3 is 14.6 Å². The van der Waals surface area contributed by atoms with Crippen LogP contribution in [0.15, 0.2) is 30.6 Å². The largest absolute Gasteiger partial charge is 0.372 e. The van der Waals surface area contributed by atoms with E-state index in [2.05, 4.69) is 9.97 Å². The number of aromatic amines is 1. The molecule has 98 valence electrons. The van der Waals surface area contributed by atoms with Crippen LogP contribution < -0.4 is 0 Å². The lowest BCUT2D eigenvalue weighted by molar-refractivity contribution is 0.0781. The third-order valence-corrected chi connectivity index (χ3v) is 3.26. The molecule has 3 rings (SSSR count). The van der Waals surface area contributed by atoms with Crippen molar-refractivity contribution >= 4 is 5.91 Å². The number of nitrogens with zero attached hydrogens (tertiary/aromatic N) is 2. The number of carbonyl (C=O) groups excluding carboxylic acids is 1. The Morgan fingerprint density at radius 3 is 3.05 bits per heavy atom. The van der Waals surface area contributed by atoms with Gasteiger partial charge in [0.05, 0.1) is 19.8 Å². The molecule has 1 N–H and O–H groups in total. The summed E-state index contributed by atoms with van der Waals surface area (Å²) < 4.78 is 5.36. The quantitative estimate of drug-likeness (QED) is 0.910. The number of carbonyl (C=O) groups is 1. The van der Waals surface area contributed by atoms with E-state index in [-0.39, 0.29) is 5.91 Å². The van der Waals surface area contributed by atoms with Crippen LogP contribution in [0.25, 0.3) is 0 Å². The van der Waals surface area contributed by atoms with Crippen LogP contribution in [0.2, 0.25) is 0 Å². The van der Waals surface area contributed by atoms with Crippen LogP contribution in [0, 0.1) is 0 Å². The molecule has 1 aliphatic heterocycles. The molecule has 5 nitrogen and oxygen atoms in total. The second kappa shape index (κ2) is 4.85. The summed E-state index contributed by atoms with van der Waals surface area (Å²) in [6, 6.07) is 5.74. The predicted octanol–water partition coefficient (Wildman–Crippen LogP) is 1.71. The van der Waals surface area contributed by atoms with Crippen LogP contribution in [-0.2, 0) is 24.5 Å². The van der Waals surface area contributed by atoms with Gasteiger partial charge in [-0.25, -0.2) is 4.98 Å². The summed E-state index contributed by atoms with van der Waals surface area (Å²) in [6.07, 6.45) is 3.43. The number of nitrogens with one attached hydrogen (secondary N) is 1. The van der Waals surface area contributed by atoms with Gasteiger partial charge in [0.1, 0.15) is 5.82 Å². The zero-order valence-corrected chi connectivity index (χ0v) is 10.7. The minimum absolute atomic E-state index is 0.00824. The first kappa shape index (κ1) is 11.9. The maximum atomic E-state index is 12.3. The Bertz CT molecular complexity index is 593. The van der Waals surface area contributed by atoms with Gasteiger partial charge in [0.25, 0.3) is 5.91 Å². The van der Waals surface area contributed by atoms with Gasteiger partial charge in [-0.05, 0) is 23.3 Å². The van der Waals surface area contributed by atoms with Crippen molar-refractivity contribution in [3.8, 4) is 0 Å². The van der Waals surface area contributed by atoms with Gasteiger partial charge in [0.2, 0.25) is 0 Å². The van der Waals surface area contributed by atoms with E-state index in [4.69, 9.17) is 4.74 Å². The van der Waals surface area contributed by atoms with Crippen molar-refractivity contribution in [2.24, 2.45) is 0 Å². The Labute approximate surface area is 111 Å². The zero-order valence-electron chi connectivity index (χ0n) is 10.7. The van der Waals surface area contributed by atoms with E-state index >= 15 is 0 Å². The number of amides is 1. The van der Waals surface area contributed by atoms with Crippen molar-refractivity contribution in [1.29, 1.82) is 0 Å². The smallest absolute Gasteiger partial charge is 0.254 e. The second-order valence-corrected chi connectivity index (χ2v) is 4.67. The lowest BCUT2D eigenvalue weighted by atomic mass is 10.1. The van der Waals surface area contributed by atoms with Gasteiger partial charge >= 0.3 is 0 Å². The van der Waals surface area contributed by atoms with E-state index in [0.29, 0.717) is 25.3 Å². The third-order valence-electron chi connectivity index (χ3n) is 3.26. The summed E-state index contributed by atoms with van der Waals surface area (Å²) in [4.78, 5) is 21.1. The number of H-pyrrole nitrogens is 1. The monoisotopic (exact) mass is 257 g/mol. The van der Waals surface area contributed by atoms with Gasteiger partial charge in [-0.15, -0.1) is 0 Å². The topological polar surface area (TPSA) is 58.2 Å². The highest BCUT2D eigenvalue weighted by Crippen LogP contribution is 2.21. The molecular weight excluding hydrogens is 242 g/mol. The molecule has 0 aliphatic carbocycles. The molecule has 0 fully saturated rings. The molecule has 5 heteroatoms. The van der Waals surface area contributed by atoms with E-state index in [1.54, 1.807) is 24.3 Å². The van der Waals surface area contributed by atoms with Gasteiger partial charge in [-0.2, -0.15) is 0 Å². The summed E-state index contributed by atoms with van der Waals surface area (Å²) in [6.45, 7) is 1.71. The lowest BCUT2D eigenvalue weighted by Crippen LogP contribution is -2.26. The molecule has 0 unspecified atom stereocenters. The van der Waals surface area contributed by atoms with Crippen LogP contribution in [0.4, 0.5) is 0 Å². The fourth-order valence-corrected chi connectivity index (χ4v) is 2.21. The normalized spacial score (nSPS) is 13.3. The van der Waals surface area contributed by atoms with Crippen LogP contribution >= 0.6 is 0 Å². The lowest BCUT2D eigenvalue weighted by Gasteiger charge is -2.16. The van der Waals surface area contributed by atoms with Gasteiger partial charge in [-0.1, -0.05) is 6.07 Å². The van der Waals surface area contributed by atoms with Crippen molar-refractivity contribution in [3.63, 3.8) is 0 Å². The van der Waals surface area contributed by atoms with Crippen molar-refractivity contribution in [3.05, 3.63) is 53.1 Å². The summed E-state index contributed by atoms with van der Waals surface area (Å²) in [5.41, 5.74) is 2.97. The first-order chi connectivity index (χ1) is 9.24. The van der Waals surface area contributed by atoms with Crippen LogP contribution in [0.5, 0.6) is 0 Å². The number of hydrogen-bond donors (Lipinski definition) is 1. The molecule has 2 aromatic rings. The van der Waals surface area contributed by atoms with E-state index in [1.165, 1.54) is 5.56 Å². The van der Waals surface area contributed by atoms with Crippen molar-refractivity contribution in [2.75, 3.05) is 7.05 Å². The molecule has 1 aliphatic rings. The maximum Gasteiger partial charge on any atom is 0.254 e. The highest BCUT2D eigenvalue weighted by Gasteiger charge is 2.17. The number of fused-ring (bicyclic) bond motifs is 1. The predicted molar refractivity (Wildman–Crippen MR) is 69.3 cm³/mol.